The maximum absolute atomic E-state index is 12.8. The number of rotatable bonds is 11. The van der Waals surface area contributed by atoms with E-state index in [4.69, 9.17) is 9.05 Å². The molecule has 1 heterocycles. The van der Waals surface area contributed by atoms with Crippen LogP contribution in [0.5, 0.6) is 0 Å². The van der Waals surface area contributed by atoms with Crippen LogP contribution in [0.2, 0.25) is 0 Å². The Hall–Kier alpha value is -1.22. The maximum atomic E-state index is 12.8. The van der Waals surface area contributed by atoms with E-state index in [1.165, 1.54) is 7.05 Å². The van der Waals surface area contributed by atoms with E-state index in [2.05, 4.69) is 9.71 Å². The molecule has 0 atom stereocenters. The summed E-state index contributed by atoms with van der Waals surface area (Å²) in [7, 11) is -3.51. The first-order valence-corrected chi connectivity index (χ1v) is 12.0. The van der Waals surface area contributed by atoms with Crippen LogP contribution < -0.4 is 4.72 Å². The number of aromatic nitrogens is 1. The molecule has 0 radical (unpaired) electrons. The van der Waals surface area contributed by atoms with E-state index < -0.39 is 17.8 Å². The molecular weight excluding hydrogens is 389 g/mol. The average Bonchev–Trinajstić information content (AvgIpc) is 3.02. The fraction of sp³-hybridized carbons (Fsp3) is 0.529. The maximum Gasteiger partial charge on any atom is 0.407 e. The molecule has 0 unspecified atom stereocenters. The predicted molar refractivity (Wildman–Crippen MR) is 107 cm³/mol. The van der Waals surface area contributed by atoms with Crippen molar-refractivity contribution in [2.24, 2.45) is 0 Å². The number of benzene rings is 1. The Morgan fingerprint density at radius 3 is 2.48 bits per heavy atom. The second-order valence-electron chi connectivity index (χ2n) is 6.09. The van der Waals surface area contributed by atoms with E-state index in [0.717, 1.165) is 16.5 Å². The number of aromatic amines is 1. The lowest BCUT2D eigenvalue weighted by Crippen LogP contribution is -2.21. The third-order valence-corrected chi connectivity index (χ3v) is 7.75. The lowest BCUT2D eigenvalue weighted by molar-refractivity contribution is 0.177. The van der Waals surface area contributed by atoms with Gasteiger partial charge >= 0.3 is 7.75 Å². The first kappa shape index (κ1) is 22.1. The summed E-state index contributed by atoms with van der Waals surface area (Å²) in [5.41, 5.74) is 2.65. The fourth-order valence-corrected chi connectivity index (χ4v) is 5.01. The van der Waals surface area contributed by atoms with Crippen LogP contribution in [0.25, 0.3) is 10.9 Å². The summed E-state index contributed by atoms with van der Waals surface area (Å²) >= 11 is 0. The molecule has 0 fully saturated rings. The Balaban J connectivity index is 2.18. The number of hydrogen-bond donors (Lipinski definition) is 2. The van der Waals surface area contributed by atoms with E-state index in [-0.39, 0.29) is 5.75 Å². The second kappa shape index (κ2) is 9.32. The van der Waals surface area contributed by atoms with Crippen molar-refractivity contribution in [2.45, 2.75) is 26.0 Å². The Morgan fingerprint density at radius 2 is 1.89 bits per heavy atom. The molecular formula is C17H28N3O5PS. The molecule has 0 aliphatic heterocycles. The van der Waals surface area contributed by atoms with Gasteiger partial charge in [0.15, 0.2) is 0 Å². The Kier molecular flexibility index (Phi) is 7.62. The van der Waals surface area contributed by atoms with Crippen LogP contribution in [0.4, 0.5) is 0 Å². The number of sulfonamides is 1. The van der Waals surface area contributed by atoms with Crippen molar-refractivity contribution in [1.82, 2.24) is 14.4 Å². The molecule has 1 aromatic carbocycles. The number of hydrogen-bond acceptors (Lipinski definition) is 5. The number of H-pyrrole nitrogens is 1. The Labute approximate surface area is 160 Å². The molecule has 0 aliphatic carbocycles. The molecule has 2 N–H and O–H groups in total. The van der Waals surface area contributed by atoms with Gasteiger partial charge in [-0.2, -0.15) is 0 Å². The van der Waals surface area contributed by atoms with Crippen LogP contribution in [0.1, 0.15) is 25.0 Å². The number of nitrogens with one attached hydrogen (secondary N) is 2. The van der Waals surface area contributed by atoms with Gasteiger partial charge in [0.25, 0.3) is 0 Å². The lowest BCUT2D eigenvalue weighted by atomic mass is 10.1. The molecule has 1 aromatic heterocycles. The summed E-state index contributed by atoms with van der Waals surface area (Å²) in [5.74, 6) is -0.0756. The van der Waals surface area contributed by atoms with Crippen molar-refractivity contribution in [3.8, 4) is 0 Å². The minimum Gasteiger partial charge on any atom is -0.361 e. The van der Waals surface area contributed by atoms with Gasteiger partial charge in [0, 0.05) is 23.6 Å². The molecule has 2 aromatic rings. The zero-order valence-electron chi connectivity index (χ0n) is 16.2. The highest BCUT2D eigenvalue weighted by atomic mass is 32.2. The molecule has 0 bridgehead atoms. The summed E-state index contributed by atoms with van der Waals surface area (Å²) in [6.45, 7) is 4.64. The third kappa shape index (κ3) is 5.63. The van der Waals surface area contributed by atoms with Crippen LogP contribution in [0.15, 0.2) is 24.4 Å². The quantitative estimate of drug-likeness (QED) is 0.545. The molecule has 8 nitrogen and oxygen atoms in total. The monoisotopic (exact) mass is 417 g/mol. The molecule has 0 saturated heterocycles. The second-order valence-corrected chi connectivity index (χ2v) is 10.2. The topological polar surface area (TPSA) is 101 Å². The average molecular weight is 417 g/mol. The summed E-state index contributed by atoms with van der Waals surface area (Å²) in [4.78, 5) is 3.19. The summed E-state index contributed by atoms with van der Waals surface area (Å²) in [6.07, 6.45) is 2.50. The van der Waals surface area contributed by atoms with Gasteiger partial charge in [-0.1, -0.05) is 6.07 Å². The Bertz CT molecular complexity index is 902. The largest absolute Gasteiger partial charge is 0.407 e. The highest BCUT2D eigenvalue weighted by Crippen LogP contribution is 2.50. The molecule has 2 rings (SSSR count). The van der Waals surface area contributed by atoms with Crippen LogP contribution in [0, 0.1) is 0 Å². The zero-order chi connectivity index (χ0) is 20.1. The van der Waals surface area contributed by atoms with E-state index in [1.807, 2.05) is 18.3 Å². The van der Waals surface area contributed by atoms with E-state index in [1.54, 1.807) is 31.6 Å². The van der Waals surface area contributed by atoms with E-state index >= 15 is 0 Å². The van der Waals surface area contributed by atoms with Crippen LogP contribution in [0.3, 0.4) is 0 Å². The number of likely N-dealkylation sites (N-methyl/N-ethyl adjacent to an activating group) is 1. The van der Waals surface area contributed by atoms with E-state index in [9.17, 15) is 13.0 Å². The zero-order valence-corrected chi connectivity index (χ0v) is 17.9. The van der Waals surface area contributed by atoms with Gasteiger partial charge in [-0.15, -0.1) is 0 Å². The van der Waals surface area contributed by atoms with Crippen LogP contribution >= 0.6 is 7.75 Å². The van der Waals surface area contributed by atoms with Gasteiger partial charge in [0.2, 0.25) is 10.0 Å². The first-order chi connectivity index (χ1) is 12.7. The normalized spacial score (nSPS) is 12.9. The van der Waals surface area contributed by atoms with Crippen LogP contribution in [-0.2, 0) is 35.8 Å². The minimum absolute atomic E-state index is 0.0756. The highest BCUT2D eigenvalue weighted by Gasteiger charge is 2.29. The van der Waals surface area contributed by atoms with Gasteiger partial charge in [0.1, 0.15) is 0 Å². The smallest absolute Gasteiger partial charge is 0.361 e. The van der Waals surface area contributed by atoms with Gasteiger partial charge in [-0.05, 0) is 57.6 Å². The summed E-state index contributed by atoms with van der Waals surface area (Å²) < 4.78 is 51.0. The van der Waals surface area contributed by atoms with Gasteiger partial charge in [0.05, 0.1) is 19.0 Å². The van der Waals surface area contributed by atoms with Crippen molar-refractivity contribution < 1.29 is 22.0 Å². The predicted octanol–water partition coefficient (Wildman–Crippen LogP) is 2.87. The number of fused-ring (bicyclic) bond motifs is 1. The first-order valence-electron chi connectivity index (χ1n) is 8.85. The van der Waals surface area contributed by atoms with Crippen LogP contribution in [-0.4, -0.2) is 51.9 Å². The molecule has 0 amide bonds. The van der Waals surface area contributed by atoms with Crippen molar-refractivity contribution in [1.29, 1.82) is 0 Å². The Morgan fingerprint density at radius 1 is 1.22 bits per heavy atom. The lowest BCUT2D eigenvalue weighted by Gasteiger charge is -2.26. The van der Waals surface area contributed by atoms with Crippen molar-refractivity contribution in [3.63, 3.8) is 0 Å². The molecule has 10 heteroatoms. The van der Waals surface area contributed by atoms with Crippen molar-refractivity contribution in [2.75, 3.05) is 33.9 Å². The van der Waals surface area contributed by atoms with Gasteiger partial charge in [-0.3, -0.25) is 9.05 Å². The summed E-state index contributed by atoms with van der Waals surface area (Å²) in [5, 5.41) is 0.954. The molecule has 152 valence electrons. The number of nitrogens with zero attached hydrogens (tertiary/aromatic N) is 1. The highest BCUT2D eigenvalue weighted by molar-refractivity contribution is 7.88. The fourth-order valence-electron chi connectivity index (χ4n) is 2.78. The minimum atomic E-state index is -3.33. The van der Waals surface area contributed by atoms with Crippen molar-refractivity contribution >= 4 is 28.7 Å². The molecule has 0 aliphatic rings. The van der Waals surface area contributed by atoms with Gasteiger partial charge < -0.3 is 4.98 Å². The summed E-state index contributed by atoms with van der Waals surface area (Å²) in [6, 6.07) is 5.54. The molecule has 0 saturated carbocycles. The van der Waals surface area contributed by atoms with Crippen molar-refractivity contribution in [3.05, 3.63) is 35.5 Å². The molecule has 0 spiro atoms. The van der Waals surface area contributed by atoms with E-state index in [0.29, 0.717) is 31.7 Å². The standard InChI is InChI=1S/C17H28N3O5PS/c1-5-24-26(21,25-6-2)20(4)10-9-15-12-19-17-8-7-14(11-16(15)17)13-27(22,23)18-3/h7-8,11-12,18-19H,5-6,9-10,13H2,1-4H3. The van der Waals surface area contributed by atoms with Gasteiger partial charge in [-0.25, -0.2) is 22.4 Å². The molecule has 27 heavy (non-hydrogen) atoms. The third-order valence-electron chi connectivity index (χ3n) is 4.21. The SMILES string of the molecule is CCOP(=O)(OCC)N(C)CCc1c[nH]c2ccc(CS(=O)(=O)NC)cc12.